The number of fused-ring (bicyclic) bond motifs is 10. The Morgan fingerprint density at radius 1 is 0.286 bits per heavy atom. The van der Waals surface area contributed by atoms with Crippen LogP contribution >= 0.6 is 0 Å². The molecule has 13 aromatic rings. The fourth-order valence-corrected chi connectivity index (χ4v) is 9.45. The third-order valence-corrected chi connectivity index (χ3v) is 12.4. The van der Waals surface area contributed by atoms with E-state index in [1.165, 1.54) is 11.1 Å². The van der Waals surface area contributed by atoms with E-state index in [1.54, 1.807) is 0 Å². The van der Waals surface area contributed by atoms with Crippen LogP contribution < -0.4 is 4.90 Å². The van der Waals surface area contributed by atoms with E-state index in [2.05, 4.69) is 241 Å². The third kappa shape index (κ3) is 5.53. The first-order valence-electron chi connectivity index (χ1n) is 21.3. The number of para-hydroxylation sites is 7. The number of hydrogen-bond donors (Lipinski definition) is 0. The maximum atomic E-state index is 5.16. The van der Waals surface area contributed by atoms with Gasteiger partial charge in [-0.25, -0.2) is 9.97 Å². The minimum Gasteiger partial charge on any atom is -0.310 e. The van der Waals surface area contributed by atoms with Gasteiger partial charge in [0.15, 0.2) is 0 Å². The summed E-state index contributed by atoms with van der Waals surface area (Å²) in [5.41, 5.74) is 18.5. The molecule has 0 bridgehead atoms. The van der Waals surface area contributed by atoms with Gasteiger partial charge in [0.2, 0.25) is 11.6 Å². The summed E-state index contributed by atoms with van der Waals surface area (Å²) in [6, 6.07) is 79.7. The van der Waals surface area contributed by atoms with Crippen molar-refractivity contribution in [3.05, 3.63) is 224 Å². The molecular formula is C56H37N7. The Morgan fingerprint density at radius 2 is 0.683 bits per heavy atom. The Morgan fingerprint density at radius 3 is 1.25 bits per heavy atom. The fourth-order valence-electron chi connectivity index (χ4n) is 9.45. The highest BCUT2D eigenvalue weighted by molar-refractivity contribution is 5.96. The summed E-state index contributed by atoms with van der Waals surface area (Å²) in [6.45, 7) is 0. The first-order valence-corrected chi connectivity index (χ1v) is 21.3. The Hall–Kier alpha value is -8.68. The Bertz CT molecular complexity index is 3820. The second kappa shape index (κ2) is 13.9. The predicted molar refractivity (Wildman–Crippen MR) is 258 cm³/mol. The quantitative estimate of drug-likeness (QED) is 0.161. The molecule has 0 aliphatic rings. The van der Waals surface area contributed by atoms with E-state index >= 15 is 0 Å². The van der Waals surface area contributed by atoms with Crippen LogP contribution in [0.1, 0.15) is 0 Å². The van der Waals surface area contributed by atoms with Crippen LogP contribution in [0.3, 0.4) is 0 Å². The molecule has 0 aliphatic heterocycles. The Kier molecular flexibility index (Phi) is 7.77. The summed E-state index contributed by atoms with van der Waals surface area (Å²) >= 11 is 0. The standard InChI is InChI=1S/C56H37N7/c1-3-13-38(14-4-1)39-23-29-43(30-24-39)59(46-35-36-53-54(37-46)63-50-20-10-8-18-48(50)58-56(63)60(53)42-15-5-2-6-16-42)44-31-25-40(26-32-44)41-27-33-45(34-28-41)61-51-21-11-12-22-52(51)62-49-19-9-7-17-47(49)57-55(61)62/h1-37H. The van der Waals surface area contributed by atoms with Crippen molar-refractivity contribution in [2.75, 3.05) is 4.90 Å². The van der Waals surface area contributed by atoms with Crippen molar-refractivity contribution in [2.45, 2.75) is 0 Å². The molecule has 0 amide bonds. The van der Waals surface area contributed by atoms with Crippen molar-refractivity contribution >= 4 is 72.8 Å². The summed E-state index contributed by atoms with van der Waals surface area (Å²) in [6.07, 6.45) is 0. The van der Waals surface area contributed by atoms with Crippen molar-refractivity contribution in [1.82, 2.24) is 27.9 Å². The lowest BCUT2D eigenvalue weighted by Crippen LogP contribution is -2.10. The first-order chi connectivity index (χ1) is 31.2. The molecule has 0 saturated carbocycles. The molecular weight excluding hydrogens is 771 g/mol. The number of benzene rings is 9. The van der Waals surface area contributed by atoms with Crippen LogP contribution in [0.15, 0.2) is 224 Å². The molecule has 0 fully saturated rings. The van der Waals surface area contributed by atoms with Gasteiger partial charge < -0.3 is 4.90 Å². The van der Waals surface area contributed by atoms with E-state index < -0.39 is 0 Å². The van der Waals surface area contributed by atoms with E-state index in [1.807, 2.05) is 6.07 Å². The van der Waals surface area contributed by atoms with Crippen LogP contribution in [0.5, 0.6) is 0 Å². The zero-order chi connectivity index (χ0) is 41.4. The minimum atomic E-state index is 0.885. The number of aromatic nitrogens is 6. The van der Waals surface area contributed by atoms with E-state index in [0.29, 0.717) is 0 Å². The number of rotatable bonds is 7. The topological polar surface area (TPSA) is 47.7 Å². The SMILES string of the molecule is c1ccc(-c2ccc(N(c3ccc(-c4ccc(-n5c6ccccc6n6c7ccccc7nc56)cc4)cc3)c3ccc4c(c3)n3c5ccccc5nc3n4-c3ccccc3)cc2)cc1. The van der Waals surface area contributed by atoms with Gasteiger partial charge in [-0.05, 0) is 125 Å². The summed E-state index contributed by atoms with van der Waals surface area (Å²) in [5, 5.41) is 0. The monoisotopic (exact) mass is 807 g/mol. The Balaban J connectivity index is 0.920. The highest BCUT2D eigenvalue weighted by Crippen LogP contribution is 2.40. The van der Waals surface area contributed by atoms with Gasteiger partial charge >= 0.3 is 0 Å². The lowest BCUT2D eigenvalue weighted by molar-refractivity contribution is 1.11. The molecule has 296 valence electrons. The van der Waals surface area contributed by atoms with E-state index in [9.17, 15) is 0 Å². The van der Waals surface area contributed by atoms with E-state index in [4.69, 9.17) is 9.97 Å². The average Bonchev–Trinajstić information content (AvgIpc) is 4.09. The molecule has 0 atom stereocenters. The van der Waals surface area contributed by atoms with Crippen LogP contribution in [0, 0.1) is 0 Å². The van der Waals surface area contributed by atoms with Gasteiger partial charge in [-0.2, -0.15) is 0 Å². The van der Waals surface area contributed by atoms with Crippen molar-refractivity contribution in [2.24, 2.45) is 0 Å². The highest BCUT2D eigenvalue weighted by Gasteiger charge is 2.21. The molecule has 0 unspecified atom stereocenters. The van der Waals surface area contributed by atoms with Crippen LogP contribution in [0.4, 0.5) is 17.1 Å². The first kappa shape index (κ1) is 35.1. The van der Waals surface area contributed by atoms with Gasteiger partial charge in [-0.1, -0.05) is 121 Å². The number of hydrogen-bond acceptors (Lipinski definition) is 3. The molecule has 13 rings (SSSR count). The summed E-state index contributed by atoms with van der Waals surface area (Å²) < 4.78 is 9.07. The molecule has 9 aromatic carbocycles. The Labute approximate surface area is 362 Å². The second-order valence-corrected chi connectivity index (χ2v) is 16.0. The molecule has 0 saturated heterocycles. The van der Waals surface area contributed by atoms with Gasteiger partial charge in [-0.15, -0.1) is 0 Å². The molecule has 7 nitrogen and oxygen atoms in total. The molecule has 0 spiro atoms. The molecule has 4 heterocycles. The number of anilines is 3. The van der Waals surface area contributed by atoms with Gasteiger partial charge in [0.25, 0.3) is 0 Å². The molecule has 4 aromatic heterocycles. The van der Waals surface area contributed by atoms with Crippen molar-refractivity contribution < 1.29 is 0 Å². The number of imidazole rings is 4. The van der Waals surface area contributed by atoms with E-state index in [0.717, 1.165) is 95.3 Å². The molecule has 0 radical (unpaired) electrons. The largest absolute Gasteiger partial charge is 0.310 e. The van der Waals surface area contributed by atoms with Gasteiger partial charge in [0.1, 0.15) is 0 Å². The van der Waals surface area contributed by atoms with Crippen LogP contribution in [-0.4, -0.2) is 27.9 Å². The van der Waals surface area contributed by atoms with Gasteiger partial charge in [0, 0.05) is 28.4 Å². The summed E-state index contributed by atoms with van der Waals surface area (Å²) in [5.74, 6) is 1.79. The van der Waals surface area contributed by atoms with Crippen molar-refractivity contribution in [3.8, 4) is 33.6 Å². The van der Waals surface area contributed by atoms with E-state index in [-0.39, 0.29) is 0 Å². The zero-order valence-corrected chi connectivity index (χ0v) is 34.0. The molecule has 7 heteroatoms. The molecule has 0 aliphatic carbocycles. The fraction of sp³-hybridized carbons (Fsp3) is 0. The van der Waals surface area contributed by atoms with Crippen molar-refractivity contribution in [3.63, 3.8) is 0 Å². The van der Waals surface area contributed by atoms with Gasteiger partial charge in [-0.3, -0.25) is 17.9 Å². The minimum absolute atomic E-state index is 0.885. The van der Waals surface area contributed by atoms with Crippen LogP contribution in [0.25, 0.3) is 89.3 Å². The smallest absolute Gasteiger partial charge is 0.220 e. The summed E-state index contributed by atoms with van der Waals surface area (Å²) in [4.78, 5) is 12.6. The average molecular weight is 808 g/mol. The lowest BCUT2D eigenvalue weighted by Gasteiger charge is -2.26. The maximum absolute atomic E-state index is 5.16. The summed E-state index contributed by atoms with van der Waals surface area (Å²) in [7, 11) is 0. The predicted octanol–water partition coefficient (Wildman–Crippen LogP) is 14.0. The normalized spacial score (nSPS) is 11.8. The molecule has 63 heavy (non-hydrogen) atoms. The zero-order valence-electron chi connectivity index (χ0n) is 34.0. The highest BCUT2D eigenvalue weighted by atomic mass is 15.2. The third-order valence-electron chi connectivity index (χ3n) is 12.4. The lowest BCUT2D eigenvalue weighted by atomic mass is 10.0. The van der Waals surface area contributed by atoms with Crippen LogP contribution in [0.2, 0.25) is 0 Å². The maximum Gasteiger partial charge on any atom is 0.220 e. The van der Waals surface area contributed by atoms with Crippen molar-refractivity contribution in [1.29, 1.82) is 0 Å². The second-order valence-electron chi connectivity index (χ2n) is 16.0. The van der Waals surface area contributed by atoms with Gasteiger partial charge in [0.05, 0.1) is 44.1 Å². The number of nitrogens with zero attached hydrogens (tertiary/aromatic N) is 7. The van der Waals surface area contributed by atoms with Crippen LogP contribution in [-0.2, 0) is 0 Å². The molecule has 0 N–H and O–H groups in total.